The van der Waals surface area contributed by atoms with Gasteiger partial charge in [-0.2, -0.15) is 0 Å². The van der Waals surface area contributed by atoms with Crippen LogP contribution in [0.25, 0.3) is 0 Å². The number of aromatic nitrogens is 2. The molecular weight excluding hydrogens is 244 g/mol. The molecule has 0 unspecified atom stereocenters. The van der Waals surface area contributed by atoms with Gasteiger partial charge in [-0.05, 0) is 6.92 Å². The molecule has 4 atom stereocenters. The molecule has 100 valence electrons. The van der Waals surface area contributed by atoms with Crippen LogP contribution in [0, 0.1) is 6.92 Å². The van der Waals surface area contributed by atoms with E-state index in [4.69, 9.17) is 9.84 Å². The summed E-state index contributed by atoms with van der Waals surface area (Å²) in [5.74, 6) is 0. The quantitative estimate of drug-likeness (QED) is 0.398. The maximum absolute atomic E-state index is 11.7. The Hall–Kier alpha value is -1.48. The highest BCUT2D eigenvalue weighted by Gasteiger charge is 2.44. The van der Waals surface area contributed by atoms with Crippen molar-refractivity contribution >= 4 is 0 Å². The second-order valence-electron chi connectivity index (χ2n) is 4.21. The van der Waals surface area contributed by atoms with Crippen molar-refractivity contribution in [2.24, 2.45) is 0 Å². The summed E-state index contributed by atoms with van der Waals surface area (Å²) < 4.78 is 5.23. The number of H-pyrrole nitrogens is 2. The smallest absolute Gasteiger partial charge is 0.325 e. The Kier molecular flexibility index (Phi) is 3.35. The predicted octanol–water partition coefficient (Wildman–Crippen LogP) is -2.47. The first-order valence-electron chi connectivity index (χ1n) is 5.41. The number of aromatic amines is 2. The second kappa shape index (κ2) is 4.65. The number of hydrogen-bond donors (Lipinski definition) is 5. The second-order valence-corrected chi connectivity index (χ2v) is 4.21. The van der Waals surface area contributed by atoms with E-state index in [0.29, 0.717) is 0 Å². The molecule has 2 heterocycles. The van der Waals surface area contributed by atoms with Crippen molar-refractivity contribution in [1.82, 2.24) is 9.97 Å². The molecule has 0 saturated carbocycles. The first-order chi connectivity index (χ1) is 8.45. The summed E-state index contributed by atoms with van der Waals surface area (Å²) in [5.41, 5.74) is -1.06. The lowest BCUT2D eigenvalue weighted by molar-refractivity contribution is -0.0234. The lowest BCUT2D eigenvalue weighted by atomic mass is 10.0. The average Bonchev–Trinajstić information content (AvgIpc) is 2.56. The topological polar surface area (TPSA) is 136 Å². The molecule has 0 bridgehead atoms. The van der Waals surface area contributed by atoms with Gasteiger partial charge in [-0.3, -0.25) is 9.78 Å². The minimum absolute atomic E-state index is 0.0390. The van der Waals surface area contributed by atoms with Gasteiger partial charge in [0, 0.05) is 5.69 Å². The summed E-state index contributed by atoms with van der Waals surface area (Å²) in [5, 5.41) is 28.4. The third-order valence-corrected chi connectivity index (χ3v) is 3.00. The number of rotatable bonds is 2. The maximum Gasteiger partial charge on any atom is 0.325 e. The van der Waals surface area contributed by atoms with Gasteiger partial charge < -0.3 is 25.0 Å². The highest BCUT2D eigenvalue weighted by molar-refractivity contribution is 5.21. The molecule has 0 amide bonds. The van der Waals surface area contributed by atoms with Gasteiger partial charge in [-0.15, -0.1) is 0 Å². The third kappa shape index (κ3) is 1.99. The number of aryl methyl sites for hydroxylation is 1. The molecule has 0 aliphatic carbocycles. The van der Waals surface area contributed by atoms with Gasteiger partial charge in [-0.25, -0.2) is 4.79 Å². The Morgan fingerprint density at radius 2 is 1.89 bits per heavy atom. The number of nitrogens with one attached hydrogen (secondary N) is 2. The summed E-state index contributed by atoms with van der Waals surface area (Å²) in [4.78, 5) is 27.1. The van der Waals surface area contributed by atoms with Crippen molar-refractivity contribution in [2.45, 2.75) is 31.3 Å². The molecule has 0 aromatic carbocycles. The zero-order chi connectivity index (χ0) is 13.4. The van der Waals surface area contributed by atoms with Crippen LogP contribution in [0.1, 0.15) is 17.4 Å². The van der Waals surface area contributed by atoms with Gasteiger partial charge in [0.25, 0.3) is 5.56 Å². The van der Waals surface area contributed by atoms with Gasteiger partial charge in [0.05, 0.1) is 12.2 Å². The van der Waals surface area contributed by atoms with E-state index in [1.54, 1.807) is 0 Å². The Morgan fingerprint density at radius 1 is 1.22 bits per heavy atom. The SMILES string of the molecule is Cc1[nH]c(=O)[nH]c(=O)c1[C@@H]1O[C@H](CO)[C@@H](O)[C@H]1O. The Bertz CT molecular complexity index is 550. The largest absolute Gasteiger partial charge is 0.394 e. The number of ether oxygens (including phenoxy) is 1. The molecule has 5 N–H and O–H groups in total. The molecule has 2 rings (SSSR count). The summed E-state index contributed by atoms with van der Waals surface area (Å²) in [6.45, 7) is 1.01. The van der Waals surface area contributed by atoms with E-state index in [-0.39, 0.29) is 11.3 Å². The molecular formula is C10H14N2O6. The van der Waals surface area contributed by atoms with Crippen molar-refractivity contribution in [3.05, 3.63) is 32.1 Å². The molecule has 1 aromatic heterocycles. The first kappa shape index (κ1) is 13.0. The lowest BCUT2D eigenvalue weighted by Gasteiger charge is -2.15. The van der Waals surface area contributed by atoms with Crippen LogP contribution in [0.3, 0.4) is 0 Å². The molecule has 1 aliphatic heterocycles. The summed E-state index contributed by atoms with van der Waals surface area (Å²) in [6, 6.07) is 0. The van der Waals surface area contributed by atoms with Crippen LogP contribution in [-0.2, 0) is 4.74 Å². The minimum atomic E-state index is -1.34. The molecule has 1 saturated heterocycles. The van der Waals surface area contributed by atoms with Crippen LogP contribution in [0.5, 0.6) is 0 Å². The number of aliphatic hydroxyl groups is 3. The molecule has 8 heteroatoms. The van der Waals surface area contributed by atoms with Crippen LogP contribution >= 0.6 is 0 Å². The van der Waals surface area contributed by atoms with Crippen molar-refractivity contribution in [3.63, 3.8) is 0 Å². The number of aliphatic hydroxyl groups excluding tert-OH is 3. The normalized spacial score (nSPS) is 31.8. The van der Waals surface area contributed by atoms with Crippen molar-refractivity contribution < 1.29 is 20.1 Å². The summed E-state index contributed by atoms with van der Waals surface area (Å²) in [6.07, 6.45) is -4.67. The molecule has 1 aromatic rings. The van der Waals surface area contributed by atoms with E-state index >= 15 is 0 Å². The van der Waals surface area contributed by atoms with Gasteiger partial charge in [0.1, 0.15) is 24.4 Å². The van der Waals surface area contributed by atoms with E-state index in [1.165, 1.54) is 6.92 Å². The lowest BCUT2D eigenvalue weighted by Crippen LogP contribution is -2.34. The van der Waals surface area contributed by atoms with Gasteiger partial charge in [0.15, 0.2) is 0 Å². The van der Waals surface area contributed by atoms with E-state index in [9.17, 15) is 19.8 Å². The van der Waals surface area contributed by atoms with Crippen LogP contribution in [0.15, 0.2) is 9.59 Å². The first-order valence-corrected chi connectivity index (χ1v) is 5.41. The molecule has 1 aliphatic rings. The van der Waals surface area contributed by atoms with E-state index in [2.05, 4.69) is 4.98 Å². The molecule has 8 nitrogen and oxygen atoms in total. The van der Waals surface area contributed by atoms with Crippen molar-refractivity contribution in [3.8, 4) is 0 Å². The van der Waals surface area contributed by atoms with E-state index in [0.717, 1.165) is 0 Å². The maximum atomic E-state index is 11.7. The monoisotopic (exact) mass is 258 g/mol. The predicted molar refractivity (Wildman–Crippen MR) is 59.1 cm³/mol. The Morgan fingerprint density at radius 3 is 2.39 bits per heavy atom. The summed E-state index contributed by atoms with van der Waals surface area (Å²) >= 11 is 0. The fourth-order valence-electron chi connectivity index (χ4n) is 2.09. The fourth-order valence-corrected chi connectivity index (χ4v) is 2.09. The Balaban J connectivity index is 2.45. The zero-order valence-corrected chi connectivity index (χ0v) is 9.58. The van der Waals surface area contributed by atoms with Crippen LogP contribution in [-0.4, -0.2) is 50.2 Å². The van der Waals surface area contributed by atoms with Gasteiger partial charge in [-0.1, -0.05) is 0 Å². The van der Waals surface area contributed by atoms with Crippen molar-refractivity contribution in [1.29, 1.82) is 0 Å². The fraction of sp³-hybridized carbons (Fsp3) is 0.600. The summed E-state index contributed by atoms with van der Waals surface area (Å²) in [7, 11) is 0. The molecule has 1 fully saturated rings. The minimum Gasteiger partial charge on any atom is -0.394 e. The molecule has 0 radical (unpaired) electrons. The van der Waals surface area contributed by atoms with Gasteiger partial charge in [0.2, 0.25) is 0 Å². The molecule has 18 heavy (non-hydrogen) atoms. The number of hydrogen-bond acceptors (Lipinski definition) is 6. The highest BCUT2D eigenvalue weighted by Crippen LogP contribution is 2.32. The van der Waals surface area contributed by atoms with E-state index in [1.807, 2.05) is 4.98 Å². The van der Waals surface area contributed by atoms with Crippen LogP contribution < -0.4 is 11.2 Å². The van der Waals surface area contributed by atoms with Crippen LogP contribution in [0.2, 0.25) is 0 Å². The van der Waals surface area contributed by atoms with Crippen LogP contribution in [0.4, 0.5) is 0 Å². The highest BCUT2D eigenvalue weighted by atomic mass is 16.6. The van der Waals surface area contributed by atoms with Crippen molar-refractivity contribution in [2.75, 3.05) is 6.61 Å². The zero-order valence-electron chi connectivity index (χ0n) is 9.58. The molecule has 0 spiro atoms. The van der Waals surface area contributed by atoms with Gasteiger partial charge >= 0.3 is 5.69 Å². The third-order valence-electron chi connectivity index (χ3n) is 3.00. The average molecular weight is 258 g/mol. The standard InChI is InChI=1S/C10H14N2O6/c1-3-5(9(16)12-10(17)11-3)8-7(15)6(14)4(2-13)18-8/h4,6-8,13-15H,2H2,1H3,(H2,11,12,16,17)/t4-,6-,7-,8+/m1/s1. The van der Waals surface area contributed by atoms with E-state index < -0.39 is 42.3 Å². The Labute approximate surface area is 101 Å².